The Hall–Kier alpha value is -2.20. The SMILES string of the molecule is CCc1nn(-c2cccc3ccncc23)c2c1CCNC2. The summed E-state index contributed by atoms with van der Waals surface area (Å²) in [6, 6.07) is 8.39. The molecule has 0 radical (unpaired) electrons. The van der Waals surface area contributed by atoms with E-state index < -0.39 is 0 Å². The zero-order valence-electron chi connectivity index (χ0n) is 12.1. The first-order valence-corrected chi connectivity index (χ1v) is 7.52. The van der Waals surface area contributed by atoms with Crippen molar-refractivity contribution in [2.45, 2.75) is 26.3 Å². The molecule has 0 spiro atoms. The van der Waals surface area contributed by atoms with E-state index in [-0.39, 0.29) is 0 Å². The van der Waals surface area contributed by atoms with Crippen LogP contribution < -0.4 is 5.32 Å². The smallest absolute Gasteiger partial charge is 0.0743 e. The molecular weight excluding hydrogens is 260 g/mol. The van der Waals surface area contributed by atoms with Gasteiger partial charge in [-0.15, -0.1) is 0 Å². The maximum absolute atomic E-state index is 4.88. The van der Waals surface area contributed by atoms with Gasteiger partial charge in [0.2, 0.25) is 0 Å². The molecule has 0 atom stereocenters. The van der Waals surface area contributed by atoms with E-state index in [0.717, 1.165) is 37.0 Å². The number of nitrogens with zero attached hydrogens (tertiary/aromatic N) is 3. The van der Waals surface area contributed by atoms with Crippen molar-refractivity contribution in [2.75, 3.05) is 6.54 Å². The highest BCUT2D eigenvalue weighted by Crippen LogP contribution is 2.26. The second-order valence-electron chi connectivity index (χ2n) is 5.44. The maximum Gasteiger partial charge on any atom is 0.0743 e. The largest absolute Gasteiger partial charge is 0.311 e. The van der Waals surface area contributed by atoms with Crippen LogP contribution in [0.3, 0.4) is 0 Å². The summed E-state index contributed by atoms with van der Waals surface area (Å²) in [7, 11) is 0. The zero-order valence-corrected chi connectivity index (χ0v) is 12.1. The summed E-state index contributed by atoms with van der Waals surface area (Å²) in [5, 5.41) is 10.7. The lowest BCUT2D eigenvalue weighted by atomic mass is 10.0. The Labute approximate surface area is 123 Å². The molecule has 0 aliphatic carbocycles. The van der Waals surface area contributed by atoms with Crippen LogP contribution in [-0.2, 0) is 19.4 Å². The van der Waals surface area contributed by atoms with E-state index in [4.69, 9.17) is 5.10 Å². The second kappa shape index (κ2) is 4.97. The van der Waals surface area contributed by atoms with Crippen LogP contribution >= 0.6 is 0 Å². The minimum atomic E-state index is 0.888. The normalized spacial score (nSPS) is 14.3. The minimum absolute atomic E-state index is 0.888. The number of hydrogen-bond acceptors (Lipinski definition) is 3. The van der Waals surface area contributed by atoms with Crippen molar-refractivity contribution in [3.8, 4) is 5.69 Å². The number of nitrogens with one attached hydrogen (secondary N) is 1. The van der Waals surface area contributed by atoms with Gasteiger partial charge in [-0.3, -0.25) is 4.98 Å². The van der Waals surface area contributed by atoms with Crippen molar-refractivity contribution < 1.29 is 0 Å². The lowest BCUT2D eigenvalue weighted by Gasteiger charge is -2.16. The van der Waals surface area contributed by atoms with Crippen LogP contribution in [0.1, 0.15) is 23.9 Å². The molecule has 1 aliphatic rings. The van der Waals surface area contributed by atoms with Crippen LogP contribution in [0.4, 0.5) is 0 Å². The Balaban J connectivity index is 1.99. The molecule has 0 unspecified atom stereocenters. The first-order chi connectivity index (χ1) is 10.4. The van der Waals surface area contributed by atoms with Crippen molar-refractivity contribution in [3.63, 3.8) is 0 Å². The van der Waals surface area contributed by atoms with Crippen LogP contribution in [0.2, 0.25) is 0 Å². The van der Waals surface area contributed by atoms with Crippen molar-refractivity contribution in [1.29, 1.82) is 0 Å². The molecule has 106 valence electrons. The molecule has 4 nitrogen and oxygen atoms in total. The zero-order chi connectivity index (χ0) is 14.2. The molecule has 4 rings (SSSR count). The topological polar surface area (TPSA) is 42.7 Å². The molecule has 0 saturated heterocycles. The van der Waals surface area contributed by atoms with E-state index in [1.807, 2.05) is 18.5 Å². The van der Waals surface area contributed by atoms with E-state index in [1.165, 1.54) is 22.3 Å². The van der Waals surface area contributed by atoms with E-state index in [0.29, 0.717) is 0 Å². The number of pyridine rings is 1. The minimum Gasteiger partial charge on any atom is -0.311 e. The fourth-order valence-corrected chi connectivity index (χ4v) is 3.19. The third kappa shape index (κ3) is 1.94. The Bertz CT molecular complexity index is 798. The summed E-state index contributed by atoms with van der Waals surface area (Å²) in [5.41, 5.74) is 5.08. The lowest BCUT2D eigenvalue weighted by Crippen LogP contribution is -2.25. The Morgan fingerprint density at radius 3 is 3.14 bits per heavy atom. The van der Waals surface area contributed by atoms with Gasteiger partial charge >= 0.3 is 0 Å². The molecule has 0 bridgehead atoms. The van der Waals surface area contributed by atoms with E-state index in [2.05, 4.69) is 40.1 Å². The van der Waals surface area contributed by atoms with Crippen molar-refractivity contribution >= 4 is 10.8 Å². The van der Waals surface area contributed by atoms with Gasteiger partial charge in [-0.25, -0.2) is 4.68 Å². The molecule has 0 amide bonds. The molecule has 2 aromatic heterocycles. The highest BCUT2D eigenvalue weighted by molar-refractivity contribution is 5.89. The molecule has 1 N–H and O–H groups in total. The number of rotatable bonds is 2. The summed E-state index contributed by atoms with van der Waals surface area (Å²) in [4.78, 5) is 4.28. The molecule has 0 fully saturated rings. The molecule has 3 aromatic rings. The third-order valence-electron chi connectivity index (χ3n) is 4.24. The van der Waals surface area contributed by atoms with Gasteiger partial charge in [0.05, 0.1) is 17.1 Å². The highest BCUT2D eigenvalue weighted by atomic mass is 15.3. The summed E-state index contributed by atoms with van der Waals surface area (Å²) < 4.78 is 2.12. The predicted octanol–water partition coefficient (Wildman–Crippen LogP) is 2.63. The van der Waals surface area contributed by atoms with Gasteiger partial charge in [-0.2, -0.15) is 5.10 Å². The van der Waals surface area contributed by atoms with E-state index >= 15 is 0 Å². The lowest BCUT2D eigenvalue weighted by molar-refractivity contribution is 0.614. The van der Waals surface area contributed by atoms with Crippen molar-refractivity contribution in [1.82, 2.24) is 20.1 Å². The molecule has 3 heterocycles. The van der Waals surface area contributed by atoms with Gasteiger partial charge in [0.15, 0.2) is 0 Å². The van der Waals surface area contributed by atoms with Crippen molar-refractivity contribution in [3.05, 3.63) is 53.6 Å². The molecule has 21 heavy (non-hydrogen) atoms. The molecule has 1 aromatic carbocycles. The summed E-state index contributed by atoms with van der Waals surface area (Å²) in [5.74, 6) is 0. The summed E-state index contributed by atoms with van der Waals surface area (Å²) in [6.45, 7) is 4.11. The van der Waals surface area contributed by atoms with Crippen LogP contribution in [0.5, 0.6) is 0 Å². The highest BCUT2D eigenvalue weighted by Gasteiger charge is 2.21. The average molecular weight is 278 g/mol. The molecular formula is C17H18N4. The Morgan fingerprint density at radius 1 is 1.29 bits per heavy atom. The first-order valence-electron chi connectivity index (χ1n) is 7.52. The van der Waals surface area contributed by atoms with Gasteiger partial charge < -0.3 is 5.32 Å². The number of benzene rings is 1. The fraction of sp³-hybridized carbons (Fsp3) is 0.294. The fourth-order valence-electron chi connectivity index (χ4n) is 3.19. The molecule has 1 aliphatic heterocycles. The van der Waals surface area contributed by atoms with Gasteiger partial charge in [0.1, 0.15) is 0 Å². The number of aromatic nitrogens is 3. The number of aryl methyl sites for hydroxylation is 1. The Morgan fingerprint density at radius 2 is 2.24 bits per heavy atom. The van der Waals surface area contributed by atoms with Crippen LogP contribution in [-0.4, -0.2) is 21.3 Å². The number of hydrogen-bond donors (Lipinski definition) is 1. The average Bonchev–Trinajstić information content (AvgIpc) is 2.93. The van der Waals surface area contributed by atoms with Gasteiger partial charge in [-0.1, -0.05) is 19.1 Å². The molecule has 4 heteroatoms. The van der Waals surface area contributed by atoms with E-state index in [1.54, 1.807) is 0 Å². The van der Waals surface area contributed by atoms with Crippen molar-refractivity contribution in [2.24, 2.45) is 0 Å². The maximum atomic E-state index is 4.88. The van der Waals surface area contributed by atoms with Gasteiger partial charge in [0.25, 0.3) is 0 Å². The van der Waals surface area contributed by atoms with E-state index in [9.17, 15) is 0 Å². The first kappa shape index (κ1) is 12.5. The van der Waals surface area contributed by atoms with Crippen LogP contribution in [0.25, 0.3) is 16.5 Å². The van der Waals surface area contributed by atoms with Crippen LogP contribution in [0.15, 0.2) is 36.7 Å². The van der Waals surface area contributed by atoms with Gasteiger partial charge in [0, 0.05) is 24.3 Å². The summed E-state index contributed by atoms with van der Waals surface area (Å²) >= 11 is 0. The number of fused-ring (bicyclic) bond motifs is 2. The Kier molecular flexibility index (Phi) is 2.97. The quantitative estimate of drug-likeness (QED) is 0.783. The molecule has 0 saturated carbocycles. The second-order valence-corrected chi connectivity index (χ2v) is 5.44. The summed E-state index contributed by atoms with van der Waals surface area (Å²) in [6.07, 6.45) is 5.82. The van der Waals surface area contributed by atoms with Crippen LogP contribution in [0, 0.1) is 0 Å². The monoisotopic (exact) mass is 278 g/mol. The predicted molar refractivity (Wildman–Crippen MR) is 83.7 cm³/mol. The van der Waals surface area contributed by atoms with Gasteiger partial charge in [-0.05, 0) is 42.5 Å². The third-order valence-corrected chi connectivity index (χ3v) is 4.24. The standard InChI is InChI=1S/C17H18N4/c1-2-15-13-7-9-19-11-17(13)21(20-15)16-5-3-4-12-6-8-18-10-14(12)16/h3-6,8,10,19H,2,7,9,11H2,1H3.